The Bertz CT molecular complexity index is 1190. The summed E-state index contributed by atoms with van der Waals surface area (Å²) in [5, 5.41) is 20.9. The molecule has 0 fully saturated rings. The second-order valence-corrected chi connectivity index (χ2v) is 8.62. The Hall–Kier alpha value is -3.26. The van der Waals surface area contributed by atoms with Crippen LogP contribution >= 0.6 is 22.6 Å². The first-order chi connectivity index (χ1) is 15.5. The van der Waals surface area contributed by atoms with Crippen molar-refractivity contribution >= 4 is 40.3 Å². The Labute approximate surface area is 200 Å². The molecule has 32 heavy (non-hydrogen) atoms. The van der Waals surface area contributed by atoms with Gasteiger partial charge in [0.2, 0.25) is 0 Å². The number of aliphatic hydroxyl groups is 1. The van der Waals surface area contributed by atoms with Gasteiger partial charge in [0.25, 0.3) is 5.91 Å². The molecule has 0 saturated carbocycles. The number of carbonyl (C=O) groups is 1. The summed E-state index contributed by atoms with van der Waals surface area (Å²) < 4.78 is 6.33. The fourth-order valence-corrected chi connectivity index (χ4v) is 4.19. The van der Waals surface area contributed by atoms with Crippen molar-refractivity contribution in [3.63, 3.8) is 0 Å². The molecule has 6 heteroatoms. The molecule has 3 aromatic rings. The van der Waals surface area contributed by atoms with E-state index < -0.39 is 11.9 Å². The predicted molar refractivity (Wildman–Crippen MR) is 134 cm³/mol. The minimum atomic E-state index is -0.530. The van der Waals surface area contributed by atoms with Gasteiger partial charge < -0.3 is 14.9 Å². The summed E-state index contributed by atoms with van der Waals surface area (Å²) in [4.78, 5) is 14.7. The van der Waals surface area contributed by atoms with Gasteiger partial charge in [0.05, 0.1) is 13.2 Å². The minimum absolute atomic E-state index is 0.0140. The topological polar surface area (TPSA) is 70.0 Å². The number of ether oxygens (including phenoxy) is 1. The maximum atomic E-state index is 13.2. The smallest absolute Gasteiger partial charge is 0.293 e. The molecule has 1 aliphatic rings. The van der Waals surface area contributed by atoms with Gasteiger partial charge in [-0.25, -0.2) is 0 Å². The normalized spacial score (nSPS) is 16.2. The molecule has 0 radical (unpaired) electrons. The van der Waals surface area contributed by atoms with Crippen molar-refractivity contribution in [2.45, 2.75) is 12.5 Å². The number of allylic oxidation sites excluding steroid dienone is 1. The molecule has 0 aromatic heterocycles. The number of hydrogen-bond acceptors (Lipinski definition) is 4. The molecule has 0 bridgehead atoms. The van der Waals surface area contributed by atoms with E-state index in [1.54, 1.807) is 17.0 Å². The van der Waals surface area contributed by atoms with E-state index in [4.69, 9.17) is 4.74 Å². The molecule has 3 aromatic carbocycles. The van der Waals surface area contributed by atoms with Crippen LogP contribution in [0.25, 0.3) is 6.08 Å². The van der Waals surface area contributed by atoms with E-state index in [0.717, 1.165) is 14.7 Å². The summed E-state index contributed by atoms with van der Waals surface area (Å²) in [6.07, 6.45) is 4.30. The number of anilines is 1. The number of methoxy groups -OCH3 is 1. The fourth-order valence-electron chi connectivity index (χ4n) is 3.83. The van der Waals surface area contributed by atoms with E-state index in [1.165, 1.54) is 13.2 Å². The maximum absolute atomic E-state index is 13.2. The van der Waals surface area contributed by atoms with Gasteiger partial charge >= 0.3 is 0 Å². The van der Waals surface area contributed by atoms with E-state index in [9.17, 15) is 15.0 Å². The molecule has 1 aliphatic heterocycles. The largest absolute Gasteiger partial charge is 0.504 e. The van der Waals surface area contributed by atoms with Crippen molar-refractivity contribution in [3.05, 3.63) is 105 Å². The summed E-state index contributed by atoms with van der Waals surface area (Å²) in [6.45, 7) is 0. The van der Waals surface area contributed by atoms with E-state index in [1.807, 2.05) is 66.7 Å². The zero-order valence-electron chi connectivity index (χ0n) is 17.4. The second-order valence-electron chi connectivity index (χ2n) is 7.38. The monoisotopic (exact) mass is 539 g/mol. The SMILES string of the molecule is COc1cc(C2C(CC=Cc3ccccc3)=C(O)C(=O)N2c2ccc(I)cc2)ccc1O. The number of carbonyl (C=O) groups excluding carboxylic acids is 1. The van der Waals surface area contributed by atoms with Crippen LogP contribution in [0.15, 0.2) is 90.2 Å². The fraction of sp³-hybridized carbons (Fsp3) is 0.115. The summed E-state index contributed by atoms with van der Waals surface area (Å²) in [5.41, 5.74) is 3.04. The molecule has 0 aliphatic carbocycles. The third-order valence-electron chi connectivity index (χ3n) is 5.39. The maximum Gasteiger partial charge on any atom is 0.293 e. The van der Waals surface area contributed by atoms with Crippen molar-refractivity contribution in [1.29, 1.82) is 0 Å². The highest BCUT2D eigenvalue weighted by atomic mass is 127. The summed E-state index contributed by atoms with van der Waals surface area (Å²) in [7, 11) is 1.48. The highest BCUT2D eigenvalue weighted by Gasteiger charge is 2.41. The lowest BCUT2D eigenvalue weighted by molar-refractivity contribution is -0.117. The van der Waals surface area contributed by atoms with Crippen LogP contribution in [0.5, 0.6) is 11.5 Å². The van der Waals surface area contributed by atoms with Crippen LogP contribution in [-0.4, -0.2) is 23.2 Å². The zero-order valence-corrected chi connectivity index (χ0v) is 19.6. The number of phenolic OH excluding ortho intramolecular Hbond substituents is 1. The average molecular weight is 539 g/mol. The van der Waals surface area contributed by atoms with Gasteiger partial charge in [-0.2, -0.15) is 0 Å². The third kappa shape index (κ3) is 4.36. The number of aliphatic hydroxyl groups excluding tert-OH is 1. The zero-order chi connectivity index (χ0) is 22.7. The Kier molecular flexibility index (Phi) is 6.50. The number of nitrogens with zero attached hydrogens (tertiary/aromatic N) is 1. The molecular weight excluding hydrogens is 517 g/mol. The molecular formula is C26H22INO4. The molecule has 162 valence electrons. The van der Waals surface area contributed by atoms with E-state index >= 15 is 0 Å². The second kappa shape index (κ2) is 9.48. The number of aromatic hydroxyl groups is 1. The van der Waals surface area contributed by atoms with Crippen LogP contribution in [-0.2, 0) is 4.79 Å². The lowest BCUT2D eigenvalue weighted by Crippen LogP contribution is -2.30. The highest BCUT2D eigenvalue weighted by Crippen LogP contribution is 2.44. The van der Waals surface area contributed by atoms with Crippen LogP contribution < -0.4 is 9.64 Å². The Morgan fingerprint density at radius 2 is 1.75 bits per heavy atom. The van der Waals surface area contributed by atoms with E-state index in [0.29, 0.717) is 23.4 Å². The van der Waals surface area contributed by atoms with Crippen LogP contribution in [0.2, 0.25) is 0 Å². The summed E-state index contributed by atoms with van der Waals surface area (Å²) in [6, 6.07) is 21.9. The van der Waals surface area contributed by atoms with Crippen molar-refractivity contribution in [2.24, 2.45) is 0 Å². The minimum Gasteiger partial charge on any atom is -0.504 e. The van der Waals surface area contributed by atoms with Crippen LogP contribution in [0, 0.1) is 3.57 Å². The number of amides is 1. The van der Waals surface area contributed by atoms with Gasteiger partial charge in [-0.3, -0.25) is 9.69 Å². The Morgan fingerprint density at radius 3 is 2.44 bits per heavy atom. The Balaban J connectivity index is 1.76. The molecule has 1 heterocycles. The van der Waals surface area contributed by atoms with Crippen molar-refractivity contribution in [3.8, 4) is 11.5 Å². The van der Waals surface area contributed by atoms with Crippen molar-refractivity contribution < 1.29 is 19.7 Å². The van der Waals surface area contributed by atoms with Crippen molar-refractivity contribution in [1.82, 2.24) is 0 Å². The molecule has 0 spiro atoms. The molecule has 2 N–H and O–H groups in total. The van der Waals surface area contributed by atoms with Gasteiger partial charge in [0.1, 0.15) is 0 Å². The lowest BCUT2D eigenvalue weighted by atomic mass is 9.95. The van der Waals surface area contributed by atoms with Crippen LogP contribution in [0.3, 0.4) is 0 Å². The van der Waals surface area contributed by atoms with Gasteiger partial charge in [-0.05, 0) is 76.5 Å². The average Bonchev–Trinajstić information content (AvgIpc) is 3.06. The first-order valence-corrected chi connectivity index (χ1v) is 11.2. The molecule has 5 nitrogen and oxygen atoms in total. The van der Waals surface area contributed by atoms with Gasteiger partial charge in [-0.15, -0.1) is 0 Å². The summed E-state index contributed by atoms with van der Waals surface area (Å²) >= 11 is 2.21. The third-order valence-corrected chi connectivity index (χ3v) is 6.10. The summed E-state index contributed by atoms with van der Waals surface area (Å²) in [5.74, 6) is -0.382. The van der Waals surface area contributed by atoms with E-state index in [-0.39, 0.29) is 11.5 Å². The van der Waals surface area contributed by atoms with E-state index in [2.05, 4.69) is 22.6 Å². The highest BCUT2D eigenvalue weighted by molar-refractivity contribution is 14.1. The number of phenols is 1. The van der Waals surface area contributed by atoms with Crippen LogP contribution in [0.1, 0.15) is 23.6 Å². The van der Waals surface area contributed by atoms with Gasteiger partial charge in [0, 0.05) is 14.8 Å². The number of rotatable bonds is 6. The van der Waals surface area contributed by atoms with Crippen LogP contribution in [0.4, 0.5) is 5.69 Å². The number of benzene rings is 3. The Morgan fingerprint density at radius 1 is 1.03 bits per heavy atom. The number of halogens is 1. The quantitative estimate of drug-likeness (QED) is 0.377. The standard InChI is InChI=1S/C26H22INO4/c1-32-23-16-18(10-15-22(23)29)24-21(9-5-8-17-6-3-2-4-7-17)25(30)26(31)28(24)20-13-11-19(27)12-14-20/h2-8,10-16,24,29-30H,9H2,1H3. The first kappa shape index (κ1) is 22.0. The van der Waals surface area contributed by atoms with Gasteiger partial charge in [0.15, 0.2) is 17.3 Å². The number of hydrogen-bond donors (Lipinski definition) is 2. The van der Waals surface area contributed by atoms with Gasteiger partial charge in [-0.1, -0.05) is 48.6 Å². The molecule has 1 atom stereocenters. The lowest BCUT2D eigenvalue weighted by Gasteiger charge is -2.27. The molecule has 1 amide bonds. The predicted octanol–water partition coefficient (Wildman–Crippen LogP) is 6.01. The molecule has 4 rings (SSSR count). The van der Waals surface area contributed by atoms with Crippen molar-refractivity contribution in [2.75, 3.05) is 12.0 Å². The molecule has 0 saturated heterocycles. The first-order valence-electron chi connectivity index (χ1n) is 10.1. The molecule has 1 unspecified atom stereocenters.